The Bertz CT molecular complexity index is 549. The van der Waals surface area contributed by atoms with E-state index >= 15 is 0 Å². The predicted molar refractivity (Wildman–Crippen MR) is 80.6 cm³/mol. The normalized spacial score (nSPS) is 16.6. The van der Waals surface area contributed by atoms with Crippen molar-refractivity contribution >= 4 is 0 Å². The first-order chi connectivity index (χ1) is 9.90. The van der Waals surface area contributed by atoms with Gasteiger partial charge >= 0.3 is 0 Å². The Labute approximate surface area is 120 Å². The standard InChI is InChI=1S/C17H21N3/c1-2-20-17(14-10-18-12-19-11-14)16-9-4-3-8-15(16)13-6-5-7-13/h3-4,8-13,17,20H,2,5-7H2,1H3. The highest BCUT2D eigenvalue weighted by molar-refractivity contribution is 5.38. The Morgan fingerprint density at radius 3 is 2.60 bits per heavy atom. The van der Waals surface area contributed by atoms with Crippen LogP contribution in [-0.4, -0.2) is 16.5 Å². The van der Waals surface area contributed by atoms with Crippen molar-refractivity contribution in [2.24, 2.45) is 0 Å². The summed E-state index contributed by atoms with van der Waals surface area (Å²) in [6, 6.07) is 9.01. The summed E-state index contributed by atoms with van der Waals surface area (Å²) in [6.07, 6.45) is 9.42. The topological polar surface area (TPSA) is 37.8 Å². The summed E-state index contributed by atoms with van der Waals surface area (Å²) in [4.78, 5) is 8.34. The van der Waals surface area contributed by atoms with Crippen LogP contribution in [0.2, 0.25) is 0 Å². The Morgan fingerprint density at radius 2 is 1.95 bits per heavy atom. The van der Waals surface area contributed by atoms with Crippen LogP contribution in [0.1, 0.15) is 54.8 Å². The molecule has 0 saturated heterocycles. The van der Waals surface area contributed by atoms with Crippen LogP contribution in [0.15, 0.2) is 43.0 Å². The van der Waals surface area contributed by atoms with Crippen molar-refractivity contribution in [1.29, 1.82) is 0 Å². The lowest BCUT2D eigenvalue weighted by Crippen LogP contribution is -2.25. The van der Waals surface area contributed by atoms with Crippen molar-refractivity contribution in [2.45, 2.75) is 38.1 Å². The zero-order valence-electron chi connectivity index (χ0n) is 11.9. The lowest BCUT2D eigenvalue weighted by molar-refractivity contribution is 0.414. The summed E-state index contributed by atoms with van der Waals surface area (Å²) in [5.41, 5.74) is 4.02. The molecule has 2 aromatic rings. The van der Waals surface area contributed by atoms with Crippen molar-refractivity contribution in [2.75, 3.05) is 6.54 Å². The largest absolute Gasteiger partial charge is 0.306 e. The van der Waals surface area contributed by atoms with Crippen LogP contribution in [0.5, 0.6) is 0 Å². The van der Waals surface area contributed by atoms with E-state index in [0.29, 0.717) is 0 Å². The van der Waals surface area contributed by atoms with Crippen LogP contribution in [0, 0.1) is 0 Å². The molecule has 20 heavy (non-hydrogen) atoms. The highest BCUT2D eigenvalue weighted by Gasteiger charge is 2.25. The van der Waals surface area contributed by atoms with Gasteiger partial charge in [0.15, 0.2) is 0 Å². The van der Waals surface area contributed by atoms with E-state index in [1.807, 2.05) is 12.4 Å². The third kappa shape index (κ3) is 2.59. The van der Waals surface area contributed by atoms with Gasteiger partial charge in [-0.15, -0.1) is 0 Å². The maximum absolute atomic E-state index is 4.17. The fourth-order valence-electron chi connectivity index (χ4n) is 2.94. The van der Waals surface area contributed by atoms with Crippen molar-refractivity contribution in [1.82, 2.24) is 15.3 Å². The number of hydrogen-bond donors (Lipinski definition) is 1. The second-order valence-corrected chi connectivity index (χ2v) is 5.42. The molecule has 3 rings (SSSR count). The minimum atomic E-state index is 0.193. The first kappa shape index (κ1) is 13.3. The average molecular weight is 267 g/mol. The first-order valence-corrected chi connectivity index (χ1v) is 7.47. The average Bonchev–Trinajstić information content (AvgIpc) is 2.45. The van der Waals surface area contributed by atoms with E-state index in [4.69, 9.17) is 0 Å². The second kappa shape index (κ2) is 6.14. The lowest BCUT2D eigenvalue weighted by Gasteiger charge is -2.30. The van der Waals surface area contributed by atoms with Gasteiger partial charge in [0.25, 0.3) is 0 Å². The molecule has 0 amide bonds. The molecule has 1 heterocycles. The molecule has 1 fully saturated rings. The molecule has 1 saturated carbocycles. The van der Waals surface area contributed by atoms with E-state index in [1.54, 1.807) is 6.33 Å². The molecular weight excluding hydrogens is 246 g/mol. The van der Waals surface area contributed by atoms with E-state index in [-0.39, 0.29) is 6.04 Å². The van der Waals surface area contributed by atoms with Gasteiger partial charge in [-0.05, 0) is 36.4 Å². The molecule has 3 heteroatoms. The molecule has 0 spiro atoms. The number of aromatic nitrogens is 2. The molecule has 1 aromatic carbocycles. The van der Waals surface area contributed by atoms with Gasteiger partial charge in [-0.2, -0.15) is 0 Å². The summed E-state index contributed by atoms with van der Waals surface area (Å²) in [5, 5.41) is 3.58. The molecular formula is C17H21N3. The van der Waals surface area contributed by atoms with Gasteiger partial charge in [0.05, 0.1) is 6.04 Å². The highest BCUT2D eigenvalue weighted by atomic mass is 14.9. The number of hydrogen-bond acceptors (Lipinski definition) is 3. The quantitative estimate of drug-likeness (QED) is 0.901. The van der Waals surface area contributed by atoms with Gasteiger partial charge in [0, 0.05) is 18.0 Å². The molecule has 1 unspecified atom stereocenters. The molecule has 3 nitrogen and oxygen atoms in total. The van der Waals surface area contributed by atoms with Gasteiger partial charge in [-0.25, -0.2) is 9.97 Å². The molecule has 1 aliphatic rings. The minimum Gasteiger partial charge on any atom is -0.306 e. The molecule has 1 aromatic heterocycles. The molecule has 1 N–H and O–H groups in total. The van der Waals surface area contributed by atoms with Crippen molar-refractivity contribution < 1.29 is 0 Å². The van der Waals surface area contributed by atoms with Crippen LogP contribution in [0.3, 0.4) is 0 Å². The van der Waals surface area contributed by atoms with Gasteiger partial charge in [-0.1, -0.05) is 37.6 Å². The van der Waals surface area contributed by atoms with Crippen molar-refractivity contribution in [3.8, 4) is 0 Å². The van der Waals surface area contributed by atoms with Gasteiger partial charge in [0.2, 0.25) is 0 Å². The van der Waals surface area contributed by atoms with Crippen molar-refractivity contribution in [3.05, 3.63) is 59.7 Å². The molecule has 0 bridgehead atoms. The zero-order chi connectivity index (χ0) is 13.8. The van der Waals surface area contributed by atoms with Gasteiger partial charge in [-0.3, -0.25) is 0 Å². The van der Waals surface area contributed by atoms with E-state index in [0.717, 1.165) is 18.0 Å². The van der Waals surface area contributed by atoms with E-state index in [9.17, 15) is 0 Å². The molecule has 0 aliphatic heterocycles. The minimum absolute atomic E-state index is 0.193. The number of nitrogens with one attached hydrogen (secondary N) is 1. The summed E-state index contributed by atoms with van der Waals surface area (Å²) in [7, 11) is 0. The van der Waals surface area contributed by atoms with Gasteiger partial charge < -0.3 is 5.32 Å². The summed E-state index contributed by atoms with van der Waals surface area (Å²) < 4.78 is 0. The molecule has 0 radical (unpaired) electrons. The fourth-order valence-corrected chi connectivity index (χ4v) is 2.94. The zero-order valence-corrected chi connectivity index (χ0v) is 11.9. The Kier molecular flexibility index (Phi) is 4.07. The van der Waals surface area contributed by atoms with Crippen LogP contribution in [0.4, 0.5) is 0 Å². The summed E-state index contributed by atoms with van der Waals surface area (Å²) in [6.45, 7) is 3.07. The highest BCUT2D eigenvalue weighted by Crippen LogP contribution is 2.40. The maximum atomic E-state index is 4.17. The third-order valence-corrected chi connectivity index (χ3v) is 4.17. The summed E-state index contributed by atoms with van der Waals surface area (Å²) >= 11 is 0. The molecule has 1 aliphatic carbocycles. The third-order valence-electron chi connectivity index (χ3n) is 4.17. The van der Waals surface area contributed by atoms with Crippen LogP contribution < -0.4 is 5.32 Å². The van der Waals surface area contributed by atoms with Crippen LogP contribution in [-0.2, 0) is 0 Å². The SMILES string of the molecule is CCNC(c1cncnc1)c1ccccc1C1CCC1. The smallest absolute Gasteiger partial charge is 0.115 e. The monoisotopic (exact) mass is 267 g/mol. The number of benzene rings is 1. The van der Waals surface area contributed by atoms with Crippen LogP contribution in [0.25, 0.3) is 0 Å². The predicted octanol–water partition coefficient (Wildman–Crippen LogP) is 3.44. The van der Waals surface area contributed by atoms with Gasteiger partial charge in [0.1, 0.15) is 6.33 Å². The number of rotatable bonds is 5. The lowest BCUT2D eigenvalue weighted by atomic mass is 9.76. The fraction of sp³-hybridized carbons (Fsp3) is 0.412. The van der Waals surface area contributed by atoms with Crippen molar-refractivity contribution in [3.63, 3.8) is 0 Å². The van der Waals surface area contributed by atoms with Crippen LogP contribution >= 0.6 is 0 Å². The Balaban J connectivity index is 1.99. The Hall–Kier alpha value is -1.74. The second-order valence-electron chi connectivity index (χ2n) is 5.42. The van der Waals surface area contributed by atoms with E-state index in [2.05, 4.69) is 46.5 Å². The molecule has 104 valence electrons. The maximum Gasteiger partial charge on any atom is 0.115 e. The van der Waals surface area contributed by atoms with E-state index in [1.165, 1.54) is 30.4 Å². The first-order valence-electron chi connectivity index (χ1n) is 7.47. The Morgan fingerprint density at radius 1 is 1.20 bits per heavy atom. The van der Waals surface area contributed by atoms with E-state index < -0.39 is 0 Å². The number of nitrogens with zero attached hydrogens (tertiary/aromatic N) is 2. The summed E-state index contributed by atoms with van der Waals surface area (Å²) in [5.74, 6) is 0.733. The molecule has 1 atom stereocenters.